The van der Waals surface area contributed by atoms with Gasteiger partial charge in [-0.2, -0.15) is 0 Å². The number of aryl methyl sites for hydroxylation is 1. The first-order valence-corrected chi connectivity index (χ1v) is 8.04. The number of carbonyl (C=O) groups is 2. The molecule has 0 radical (unpaired) electrons. The molecule has 0 spiro atoms. The Morgan fingerprint density at radius 1 is 1.33 bits per heavy atom. The highest BCUT2D eigenvalue weighted by molar-refractivity contribution is 5.99. The van der Waals surface area contributed by atoms with Crippen LogP contribution >= 0.6 is 0 Å². The largest absolute Gasteiger partial charge is 0.447 e. The summed E-state index contributed by atoms with van der Waals surface area (Å²) in [4.78, 5) is 30.1. The van der Waals surface area contributed by atoms with Crippen LogP contribution in [0.4, 0.5) is 10.5 Å². The molecule has 1 aliphatic rings. The van der Waals surface area contributed by atoms with Crippen molar-refractivity contribution in [2.45, 2.75) is 33.2 Å². The lowest BCUT2D eigenvalue weighted by molar-refractivity contribution is 0.101. The lowest BCUT2D eigenvalue weighted by Crippen LogP contribution is -2.32. The molecular formula is C19H20N2O3. The Bertz CT molecular complexity index is 784. The molecule has 5 heteroatoms. The van der Waals surface area contributed by atoms with Crippen LogP contribution in [0.1, 0.15) is 36.2 Å². The van der Waals surface area contributed by atoms with E-state index in [9.17, 15) is 9.59 Å². The molecule has 1 unspecified atom stereocenters. The Labute approximate surface area is 141 Å². The van der Waals surface area contributed by atoms with Gasteiger partial charge in [0.2, 0.25) is 0 Å². The van der Waals surface area contributed by atoms with Gasteiger partial charge in [0.15, 0.2) is 5.78 Å². The number of aromatic nitrogens is 1. The lowest BCUT2D eigenvalue weighted by atomic mass is 10.0. The first kappa shape index (κ1) is 16.2. The minimum atomic E-state index is -0.370. The standard InChI is InChI=1S/C19H20N2O3/c1-4-16-11-24-19(23)21(16)17-8-14(13(3)22)7-15(9-17)18-6-5-12(2)10-20-18/h5-10,16H,4,11H2,1-3H3. The van der Waals surface area contributed by atoms with Gasteiger partial charge in [0.1, 0.15) is 6.61 Å². The second-order valence-corrected chi connectivity index (χ2v) is 6.05. The monoisotopic (exact) mass is 324 g/mol. The average molecular weight is 324 g/mol. The number of hydrogen-bond acceptors (Lipinski definition) is 4. The Kier molecular flexibility index (Phi) is 4.34. The van der Waals surface area contributed by atoms with Crippen LogP contribution in [-0.4, -0.2) is 29.5 Å². The molecule has 1 atom stereocenters. The zero-order chi connectivity index (χ0) is 17.3. The molecule has 2 heterocycles. The fraction of sp³-hybridized carbons (Fsp3) is 0.316. The second kappa shape index (κ2) is 6.43. The van der Waals surface area contributed by atoms with E-state index < -0.39 is 0 Å². The molecule has 1 aromatic heterocycles. The quantitative estimate of drug-likeness (QED) is 0.798. The number of hydrogen-bond donors (Lipinski definition) is 0. The average Bonchev–Trinajstić information content (AvgIpc) is 2.95. The number of Topliss-reactive ketones (excluding diaryl/α,β-unsaturated/α-hetero) is 1. The number of cyclic esters (lactones) is 1. The summed E-state index contributed by atoms with van der Waals surface area (Å²) < 4.78 is 5.17. The molecule has 0 bridgehead atoms. The van der Waals surface area contributed by atoms with Crippen molar-refractivity contribution in [2.75, 3.05) is 11.5 Å². The van der Waals surface area contributed by atoms with Gasteiger partial charge in [-0.3, -0.25) is 14.7 Å². The number of pyridine rings is 1. The molecule has 1 saturated heterocycles. The maximum absolute atomic E-state index is 12.1. The number of rotatable bonds is 4. The van der Waals surface area contributed by atoms with Crippen molar-refractivity contribution in [1.29, 1.82) is 0 Å². The van der Waals surface area contributed by atoms with Crippen molar-refractivity contribution >= 4 is 17.6 Å². The highest BCUT2D eigenvalue weighted by Gasteiger charge is 2.33. The molecule has 0 N–H and O–H groups in total. The SMILES string of the molecule is CCC1COC(=O)N1c1cc(C(C)=O)cc(-c2ccc(C)cn2)c1. The Morgan fingerprint density at radius 2 is 2.12 bits per heavy atom. The summed E-state index contributed by atoms with van der Waals surface area (Å²) in [6.45, 7) is 5.87. The third-order valence-electron chi connectivity index (χ3n) is 4.24. The van der Waals surface area contributed by atoms with Gasteiger partial charge in [-0.15, -0.1) is 0 Å². The van der Waals surface area contributed by atoms with Gasteiger partial charge in [0.25, 0.3) is 0 Å². The van der Waals surface area contributed by atoms with Gasteiger partial charge in [-0.1, -0.05) is 13.0 Å². The highest BCUT2D eigenvalue weighted by atomic mass is 16.6. The molecule has 24 heavy (non-hydrogen) atoms. The van der Waals surface area contributed by atoms with Crippen LogP contribution in [0.5, 0.6) is 0 Å². The Morgan fingerprint density at radius 3 is 2.75 bits per heavy atom. The number of nitrogens with zero attached hydrogens (tertiary/aromatic N) is 2. The normalized spacial score (nSPS) is 17.0. The predicted octanol–water partition coefficient (Wildman–Crippen LogP) is 3.99. The van der Waals surface area contributed by atoms with Crippen LogP contribution in [0.3, 0.4) is 0 Å². The van der Waals surface area contributed by atoms with Crippen LogP contribution in [-0.2, 0) is 4.74 Å². The van der Waals surface area contributed by atoms with Crippen molar-refractivity contribution in [3.63, 3.8) is 0 Å². The summed E-state index contributed by atoms with van der Waals surface area (Å²) in [7, 11) is 0. The highest BCUT2D eigenvalue weighted by Crippen LogP contribution is 2.30. The van der Waals surface area contributed by atoms with E-state index in [1.54, 1.807) is 17.2 Å². The van der Waals surface area contributed by atoms with E-state index in [0.29, 0.717) is 17.9 Å². The fourth-order valence-corrected chi connectivity index (χ4v) is 2.82. The second-order valence-electron chi connectivity index (χ2n) is 6.05. The van der Waals surface area contributed by atoms with Gasteiger partial charge >= 0.3 is 6.09 Å². The summed E-state index contributed by atoms with van der Waals surface area (Å²) in [6, 6.07) is 9.32. The molecular weight excluding hydrogens is 304 g/mol. The smallest absolute Gasteiger partial charge is 0.414 e. The minimum absolute atomic E-state index is 0.0152. The van der Waals surface area contributed by atoms with Gasteiger partial charge in [-0.05, 0) is 50.1 Å². The van der Waals surface area contributed by atoms with Crippen molar-refractivity contribution in [3.8, 4) is 11.3 Å². The Hall–Kier alpha value is -2.69. The lowest BCUT2D eigenvalue weighted by Gasteiger charge is -2.21. The van der Waals surface area contributed by atoms with Crippen molar-refractivity contribution in [2.24, 2.45) is 0 Å². The fourth-order valence-electron chi connectivity index (χ4n) is 2.82. The molecule has 1 aliphatic heterocycles. The molecule has 2 aromatic rings. The van der Waals surface area contributed by atoms with Crippen LogP contribution in [0.25, 0.3) is 11.3 Å². The van der Waals surface area contributed by atoms with Gasteiger partial charge in [-0.25, -0.2) is 4.79 Å². The number of ether oxygens (including phenoxy) is 1. The number of ketones is 1. The van der Waals surface area contributed by atoms with E-state index in [2.05, 4.69) is 4.98 Å². The van der Waals surface area contributed by atoms with E-state index in [1.165, 1.54) is 6.92 Å². The third kappa shape index (κ3) is 3.02. The van der Waals surface area contributed by atoms with Crippen molar-refractivity contribution in [1.82, 2.24) is 4.98 Å². The van der Waals surface area contributed by atoms with Crippen LogP contribution in [0.2, 0.25) is 0 Å². The molecule has 1 aromatic carbocycles. The van der Waals surface area contributed by atoms with Crippen molar-refractivity contribution in [3.05, 3.63) is 47.7 Å². The van der Waals surface area contributed by atoms with Gasteiger partial charge in [0, 0.05) is 23.0 Å². The van der Waals surface area contributed by atoms with E-state index in [1.807, 2.05) is 38.1 Å². The minimum Gasteiger partial charge on any atom is -0.447 e. The summed E-state index contributed by atoms with van der Waals surface area (Å²) in [6.07, 6.45) is 2.20. The number of carbonyl (C=O) groups excluding carboxylic acids is 2. The zero-order valence-corrected chi connectivity index (χ0v) is 14.1. The molecule has 5 nitrogen and oxygen atoms in total. The van der Waals surface area contributed by atoms with Crippen molar-refractivity contribution < 1.29 is 14.3 Å². The first-order chi connectivity index (χ1) is 11.5. The molecule has 124 valence electrons. The molecule has 3 rings (SSSR count). The molecule has 0 saturated carbocycles. The number of amides is 1. The first-order valence-electron chi connectivity index (χ1n) is 8.04. The number of anilines is 1. The van der Waals surface area contributed by atoms with E-state index in [-0.39, 0.29) is 17.9 Å². The van der Waals surface area contributed by atoms with Gasteiger partial charge < -0.3 is 4.74 Å². The molecule has 0 aliphatic carbocycles. The third-order valence-corrected chi connectivity index (χ3v) is 4.24. The molecule has 1 amide bonds. The van der Waals surface area contributed by atoms with Gasteiger partial charge in [0.05, 0.1) is 11.7 Å². The Balaban J connectivity index is 2.11. The van der Waals surface area contributed by atoms with E-state index >= 15 is 0 Å². The maximum atomic E-state index is 12.1. The van der Waals surface area contributed by atoms with Crippen LogP contribution in [0, 0.1) is 6.92 Å². The summed E-state index contributed by atoms with van der Waals surface area (Å²) in [5.41, 5.74) is 3.88. The maximum Gasteiger partial charge on any atom is 0.414 e. The van der Waals surface area contributed by atoms with Crippen LogP contribution < -0.4 is 4.90 Å². The predicted molar refractivity (Wildman–Crippen MR) is 92.3 cm³/mol. The topological polar surface area (TPSA) is 59.5 Å². The molecule has 1 fully saturated rings. The number of benzene rings is 1. The summed E-state index contributed by atoms with van der Waals surface area (Å²) in [5, 5.41) is 0. The summed E-state index contributed by atoms with van der Waals surface area (Å²) in [5.74, 6) is -0.0502. The zero-order valence-electron chi connectivity index (χ0n) is 14.1. The van der Waals surface area contributed by atoms with Crippen LogP contribution in [0.15, 0.2) is 36.5 Å². The summed E-state index contributed by atoms with van der Waals surface area (Å²) >= 11 is 0. The van der Waals surface area contributed by atoms with E-state index in [4.69, 9.17) is 4.74 Å². The van der Waals surface area contributed by atoms with E-state index in [0.717, 1.165) is 23.2 Å².